The molecule has 0 unspecified atom stereocenters. The second kappa shape index (κ2) is 10.2. The van der Waals surface area contributed by atoms with Gasteiger partial charge in [-0.3, -0.25) is 14.2 Å². The first-order chi connectivity index (χ1) is 17.0. The van der Waals surface area contributed by atoms with E-state index in [0.29, 0.717) is 65.8 Å². The van der Waals surface area contributed by atoms with Crippen LogP contribution in [-0.2, 0) is 24.3 Å². The van der Waals surface area contributed by atoms with E-state index in [1.54, 1.807) is 17.7 Å². The molecule has 2 aliphatic heterocycles. The van der Waals surface area contributed by atoms with E-state index >= 15 is 0 Å². The van der Waals surface area contributed by atoms with Crippen molar-refractivity contribution in [2.45, 2.75) is 44.8 Å². The number of halogens is 1. The molecule has 3 aromatic heterocycles. The number of nitrogens with one attached hydrogen (secondary N) is 2. The van der Waals surface area contributed by atoms with E-state index in [-0.39, 0.29) is 11.5 Å². The summed E-state index contributed by atoms with van der Waals surface area (Å²) in [6.07, 6.45) is 4.24. The number of rotatable bonds is 7. The number of amides is 1. The zero-order chi connectivity index (χ0) is 24.4. The molecular weight excluding hydrogens is 472 g/mol. The fraction of sp³-hybridized carbons (Fsp3) is 0.478. The van der Waals surface area contributed by atoms with Gasteiger partial charge in [-0.2, -0.15) is 4.98 Å². The third-order valence-corrected chi connectivity index (χ3v) is 6.83. The molecule has 1 fully saturated rings. The number of carbonyl (C=O) groups excluding carboxylic acids is 1. The molecule has 0 spiro atoms. The van der Waals surface area contributed by atoms with E-state index in [2.05, 4.69) is 35.5 Å². The molecule has 5 rings (SSSR count). The SMILES string of the molecule is COc1ccc2ncc(=O)n(CCN3CCC(NCc4nc(Cl)c5c(n4)NC(=O)CC5)CC3)c2n1. The second-order valence-corrected chi connectivity index (χ2v) is 9.11. The van der Waals surface area contributed by atoms with Crippen LogP contribution in [0.25, 0.3) is 11.2 Å². The van der Waals surface area contributed by atoms with Gasteiger partial charge < -0.3 is 20.3 Å². The maximum atomic E-state index is 12.5. The number of hydrogen-bond acceptors (Lipinski definition) is 9. The summed E-state index contributed by atoms with van der Waals surface area (Å²) in [7, 11) is 1.55. The summed E-state index contributed by atoms with van der Waals surface area (Å²) in [5.41, 5.74) is 1.83. The van der Waals surface area contributed by atoms with Crippen LogP contribution in [0.1, 0.15) is 30.7 Å². The minimum atomic E-state index is -0.172. The summed E-state index contributed by atoms with van der Waals surface area (Å²) in [6.45, 7) is 3.58. The highest BCUT2D eigenvalue weighted by atomic mass is 35.5. The van der Waals surface area contributed by atoms with Gasteiger partial charge >= 0.3 is 0 Å². The molecule has 1 saturated heterocycles. The van der Waals surface area contributed by atoms with Gasteiger partial charge in [-0.25, -0.2) is 15.0 Å². The Kier molecular flexibility index (Phi) is 6.89. The highest BCUT2D eigenvalue weighted by Crippen LogP contribution is 2.26. The van der Waals surface area contributed by atoms with E-state index in [0.717, 1.165) is 38.0 Å². The summed E-state index contributed by atoms with van der Waals surface area (Å²) in [6, 6.07) is 3.87. The standard InChI is InChI=1S/C23H27ClN8O3/c1-35-19-5-3-16-23(30-19)32(20(34)13-26-16)11-10-31-8-6-14(7-9-31)25-12-17-27-21(24)15-2-4-18(33)29-22(15)28-17/h3,5,13-14,25H,2,4,6-12H2,1H3,(H,27,28,29,33). The maximum absolute atomic E-state index is 12.5. The van der Waals surface area contributed by atoms with E-state index in [1.807, 2.05) is 6.07 Å². The topological polar surface area (TPSA) is 127 Å². The lowest BCUT2D eigenvalue weighted by Crippen LogP contribution is -2.43. The minimum Gasteiger partial charge on any atom is -0.481 e. The highest BCUT2D eigenvalue weighted by Gasteiger charge is 2.22. The number of hydrogen-bond donors (Lipinski definition) is 2. The van der Waals surface area contributed by atoms with E-state index in [9.17, 15) is 9.59 Å². The smallest absolute Gasteiger partial charge is 0.270 e. The molecule has 3 aromatic rings. The molecular formula is C23H27ClN8O3. The van der Waals surface area contributed by atoms with Gasteiger partial charge in [-0.05, 0) is 38.4 Å². The van der Waals surface area contributed by atoms with Crippen molar-refractivity contribution < 1.29 is 9.53 Å². The second-order valence-electron chi connectivity index (χ2n) is 8.75. The number of carbonyl (C=O) groups is 1. The van der Waals surface area contributed by atoms with Gasteiger partial charge in [0.25, 0.3) is 5.56 Å². The first-order valence-electron chi connectivity index (χ1n) is 11.7. The van der Waals surface area contributed by atoms with Crippen molar-refractivity contribution in [3.05, 3.63) is 45.2 Å². The quantitative estimate of drug-likeness (QED) is 0.464. The minimum absolute atomic E-state index is 0.0458. The monoisotopic (exact) mass is 498 g/mol. The number of aromatic nitrogens is 5. The Bertz CT molecular complexity index is 1310. The van der Waals surface area contributed by atoms with Gasteiger partial charge in [0.2, 0.25) is 11.8 Å². The molecule has 0 aliphatic carbocycles. The molecule has 1 amide bonds. The molecule has 35 heavy (non-hydrogen) atoms. The zero-order valence-corrected chi connectivity index (χ0v) is 20.2. The molecule has 0 bridgehead atoms. The summed E-state index contributed by atoms with van der Waals surface area (Å²) in [5.74, 6) is 1.51. The van der Waals surface area contributed by atoms with Gasteiger partial charge in [0.1, 0.15) is 22.3 Å². The number of fused-ring (bicyclic) bond motifs is 2. The maximum Gasteiger partial charge on any atom is 0.270 e. The van der Waals surface area contributed by atoms with Gasteiger partial charge in [0, 0.05) is 37.2 Å². The highest BCUT2D eigenvalue weighted by molar-refractivity contribution is 6.30. The van der Waals surface area contributed by atoms with Crippen LogP contribution in [0.2, 0.25) is 5.15 Å². The summed E-state index contributed by atoms with van der Waals surface area (Å²) in [5, 5.41) is 6.71. The lowest BCUT2D eigenvalue weighted by atomic mass is 10.1. The lowest BCUT2D eigenvalue weighted by molar-refractivity contribution is -0.116. The Balaban J connectivity index is 1.15. The molecule has 0 saturated carbocycles. The summed E-state index contributed by atoms with van der Waals surface area (Å²) < 4.78 is 6.87. The molecule has 184 valence electrons. The van der Waals surface area contributed by atoms with Gasteiger partial charge in [0.05, 0.1) is 19.9 Å². The van der Waals surface area contributed by atoms with Crippen molar-refractivity contribution in [1.82, 2.24) is 34.7 Å². The van der Waals surface area contributed by atoms with Crippen molar-refractivity contribution in [3.63, 3.8) is 0 Å². The molecule has 2 N–H and O–H groups in total. The first kappa shape index (κ1) is 23.6. The Morgan fingerprint density at radius 3 is 2.77 bits per heavy atom. The van der Waals surface area contributed by atoms with E-state index in [1.165, 1.54) is 6.20 Å². The van der Waals surface area contributed by atoms with Crippen LogP contribution in [0.15, 0.2) is 23.1 Å². The average molecular weight is 499 g/mol. The first-order valence-corrected chi connectivity index (χ1v) is 12.1. The van der Waals surface area contributed by atoms with Crippen LogP contribution in [0.4, 0.5) is 5.82 Å². The van der Waals surface area contributed by atoms with Crippen LogP contribution in [0.3, 0.4) is 0 Å². The fourth-order valence-corrected chi connectivity index (χ4v) is 4.81. The Morgan fingerprint density at radius 2 is 1.97 bits per heavy atom. The zero-order valence-electron chi connectivity index (χ0n) is 19.5. The largest absolute Gasteiger partial charge is 0.481 e. The van der Waals surface area contributed by atoms with Crippen molar-refractivity contribution in [2.75, 3.05) is 32.1 Å². The van der Waals surface area contributed by atoms with Crippen molar-refractivity contribution in [1.29, 1.82) is 0 Å². The predicted molar refractivity (Wildman–Crippen MR) is 131 cm³/mol. The molecule has 11 nitrogen and oxygen atoms in total. The number of ether oxygens (including phenoxy) is 1. The molecule has 0 radical (unpaired) electrons. The Hall–Kier alpha value is -3.15. The summed E-state index contributed by atoms with van der Waals surface area (Å²) in [4.78, 5) is 44.0. The van der Waals surface area contributed by atoms with Gasteiger partial charge in [-0.15, -0.1) is 0 Å². The van der Waals surface area contributed by atoms with Crippen LogP contribution < -0.4 is 20.9 Å². The molecule has 0 atom stereocenters. The number of piperidine rings is 1. The number of methoxy groups -OCH3 is 1. The van der Waals surface area contributed by atoms with Crippen LogP contribution in [0, 0.1) is 0 Å². The van der Waals surface area contributed by atoms with E-state index in [4.69, 9.17) is 16.3 Å². The third-order valence-electron chi connectivity index (χ3n) is 6.51. The van der Waals surface area contributed by atoms with Crippen LogP contribution >= 0.6 is 11.6 Å². The van der Waals surface area contributed by atoms with Gasteiger partial charge in [0.15, 0.2) is 5.65 Å². The van der Waals surface area contributed by atoms with Crippen molar-refractivity contribution in [3.8, 4) is 5.88 Å². The molecule has 12 heteroatoms. The van der Waals surface area contributed by atoms with Crippen molar-refractivity contribution >= 4 is 34.5 Å². The van der Waals surface area contributed by atoms with E-state index < -0.39 is 0 Å². The Morgan fingerprint density at radius 1 is 1.14 bits per heavy atom. The number of pyridine rings is 1. The average Bonchev–Trinajstić information content (AvgIpc) is 2.87. The third kappa shape index (κ3) is 5.26. The summed E-state index contributed by atoms with van der Waals surface area (Å²) >= 11 is 6.31. The number of likely N-dealkylation sites (tertiary alicyclic amines) is 1. The van der Waals surface area contributed by atoms with Crippen LogP contribution in [-0.4, -0.2) is 68.1 Å². The normalized spacial score (nSPS) is 16.8. The fourth-order valence-electron chi connectivity index (χ4n) is 4.53. The van der Waals surface area contributed by atoms with Gasteiger partial charge in [-0.1, -0.05) is 11.6 Å². The molecule has 2 aliphatic rings. The number of nitrogens with zero attached hydrogens (tertiary/aromatic N) is 6. The van der Waals surface area contributed by atoms with Crippen LogP contribution in [0.5, 0.6) is 5.88 Å². The lowest BCUT2D eigenvalue weighted by Gasteiger charge is -2.32. The van der Waals surface area contributed by atoms with Crippen molar-refractivity contribution in [2.24, 2.45) is 0 Å². The molecule has 5 heterocycles. The Labute approximate surface area is 206 Å². The predicted octanol–water partition coefficient (Wildman–Crippen LogP) is 1.38. The number of anilines is 1. The molecule has 0 aromatic carbocycles.